The van der Waals surface area contributed by atoms with Gasteiger partial charge >= 0.3 is 17.7 Å². The lowest BCUT2D eigenvalue weighted by Gasteiger charge is -2.10. The first-order valence-corrected chi connectivity index (χ1v) is 9.75. The molecule has 2 aromatic heterocycles. The minimum absolute atomic E-state index is 0.0281. The lowest BCUT2D eigenvalue weighted by molar-refractivity contribution is -0.385. The molecule has 0 aliphatic rings. The first kappa shape index (κ1) is 23.8. The summed E-state index contributed by atoms with van der Waals surface area (Å²) in [5, 5.41) is 22.0. The summed E-state index contributed by atoms with van der Waals surface area (Å²) in [5.41, 5.74) is 0.906. The zero-order chi connectivity index (χ0) is 24.3. The molecule has 1 N–H and O–H groups in total. The summed E-state index contributed by atoms with van der Waals surface area (Å²) in [5.74, 6) is -0.528. The average Bonchev–Trinajstić information content (AvgIpc) is 3.28. The molecule has 1 amide bonds. The lowest BCUT2D eigenvalue weighted by Crippen LogP contribution is -2.16. The van der Waals surface area contributed by atoms with Crippen LogP contribution < -0.4 is 10.1 Å². The third-order valence-electron chi connectivity index (χ3n) is 4.90. The van der Waals surface area contributed by atoms with Gasteiger partial charge in [0.1, 0.15) is 6.20 Å². The minimum Gasteiger partial charge on any atom is -0.475 e. The summed E-state index contributed by atoms with van der Waals surface area (Å²) < 4.78 is 46.5. The van der Waals surface area contributed by atoms with Gasteiger partial charge in [0.2, 0.25) is 5.91 Å². The van der Waals surface area contributed by atoms with Gasteiger partial charge in [0.15, 0.2) is 0 Å². The van der Waals surface area contributed by atoms with Crippen molar-refractivity contribution in [2.75, 3.05) is 12.4 Å². The molecule has 2 heterocycles. The number of halogens is 3. The normalized spacial score (nSPS) is 11.5. The highest BCUT2D eigenvalue weighted by Gasteiger charge is 2.30. The van der Waals surface area contributed by atoms with Gasteiger partial charge < -0.3 is 10.1 Å². The molecule has 0 atom stereocenters. The number of amides is 1. The highest BCUT2D eigenvalue weighted by atomic mass is 19.4. The average molecular weight is 466 g/mol. The number of ether oxygens (including phenoxy) is 1. The third-order valence-corrected chi connectivity index (χ3v) is 4.90. The first-order valence-electron chi connectivity index (χ1n) is 9.75. The second-order valence-electron chi connectivity index (χ2n) is 7.24. The fourth-order valence-corrected chi connectivity index (χ4v) is 3.25. The van der Waals surface area contributed by atoms with E-state index in [0.717, 1.165) is 12.1 Å². The van der Waals surface area contributed by atoms with Crippen LogP contribution in [0.5, 0.6) is 5.88 Å². The maximum atomic E-state index is 13.0. The highest BCUT2D eigenvalue weighted by molar-refractivity contribution is 5.91. The van der Waals surface area contributed by atoms with Crippen molar-refractivity contribution in [3.63, 3.8) is 0 Å². The number of hydrogen-bond acceptors (Lipinski definition) is 6. The van der Waals surface area contributed by atoms with Crippen molar-refractivity contribution in [1.82, 2.24) is 19.6 Å². The Balaban J connectivity index is 1.68. The number of nitro groups is 1. The topological polar surface area (TPSA) is 117 Å². The standard InChI is InChI=1S/C20H21F3N6O4/c1-12-18(24-17(30)7-8-27-11-16(29(31)32)19(26-27)33-3)13(2)28(25-12)10-14-5-4-6-15(9-14)20(21,22)23/h4-6,9,11H,7-8,10H2,1-3H3,(H,24,30). The molecule has 0 aliphatic heterocycles. The Labute approximate surface area is 186 Å². The highest BCUT2D eigenvalue weighted by Crippen LogP contribution is 2.30. The SMILES string of the molecule is COc1nn(CCC(=O)Nc2c(C)nn(Cc3cccc(C(F)(F)F)c3)c2C)cc1[N+](=O)[O-]. The van der Waals surface area contributed by atoms with Crippen LogP contribution >= 0.6 is 0 Å². The molecule has 1 aromatic carbocycles. The summed E-state index contributed by atoms with van der Waals surface area (Å²) >= 11 is 0. The number of alkyl halides is 3. The van der Waals surface area contributed by atoms with Crippen LogP contribution in [0.2, 0.25) is 0 Å². The quantitative estimate of drug-likeness (QED) is 0.400. The number of anilines is 1. The molecule has 13 heteroatoms. The van der Waals surface area contributed by atoms with Crippen molar-refractivity contribution < 1.29 is 27.6 Å². The van der Waals surface area contributed by atoms with Gasteiger partial charge in [0, 0.05) is 6.42 Å². The Morgan fingerprint density at radius 1 is 1.27 bits per heavy atom. The van der Waals surface area contributed by atoms with Crippen LogP contribution in [-0.2, 0) is 24.1 Å². The molecule has 0 aliphatic carbocycles. The van der Waals surface area contributed by atoms with Crippen LogP contribution in [0.1, 0.15) is 28.9 Å². The zero-order valence-corrected chi connectivity index (χ0v) is 18.0. The second-order valence-corrected chi connectivity index (χ2v) is 7.24. The molecule has 0 spiro atoms. The molecule has 0 saturated heterocycles. The van der Waals surface area contributed by atoms with E-state index < -0.39 is 16.7 Å². The predicted octanol–water partition coefficient (Wildman–Crippen LogP) is 3.71. The molecule has 33 heavy (non-hydrogen) atoms. The number of nitrogens with zero attached hydrogens (tertiary/aromatic N) is 5. The van der Waals surface area contributed by atoms with Gasteiger partial charge in [-0.15, -0.1) is 5.10 Å². The van der Waals surface area contributed by atoms with Gasteiger partial charge in [-0.1, -0.05) is 12.1 Å². The number of aromatic nitrogens is 4. The fraction of sp³-hybridized carbons (Fsp3) is 0.350. The Morgan fingerprint density at radius 2 is 2.00 bits per heavy atom. The Kier molecular flexibility index (Phi) is 6.70. The van der Waals surface area contributed by atoms with E-state index in [1.54, 1.807) is 19.9 Å². The maximum absolute atomic E-state index is 13.0. The van der Waals surface area contributed by atoms with E-state index in [1.165, 1.54) is 28.7 Å². The van der Waals surface area contributed by atoms with Crippen molar-refractivity contribution >= 4 is 17.3 Å². The van der Waals surface area contributed by atoms with Crippen LogP contribution in [0.3, 0.4) is 0 Å². The molecule has 0 radical (unpaired) electrons. The lowest BCUT2D eigenvalue weighted by atomic mass is 10.1. The Bertz CT molecular complexity index is 1190. The molecule has 176 valence electrons. The van der Waals surface area contributed by atoms with Crippen LogP contribution in [0.25, 0.3) is 0 Å². The molecule has 10 nitrogen and oxygen atoms in total. The summed E-state index contributed by atoms with van der Waals surface area (Å²) in [6.07, 6.45) is -3.29. The van der Waals surface area contributed by atoms with Crippen LogP contribution in [0, 0.1) is 24.0 Å². The molecular formula is C20H21F3N6O4. The van der Waals surface area contributed by atoms with Gasteiger partial charge in [0.25, 0.3) is 0 Å². The van der Waals surface area contributed by atoms with E-state index in [2.05, 4.69) is 15.5 Å². The summed E-state index contributed by atoms with van der Waals surface area (Å²) in [7, 11) is 1.26. The van der Waals surface area contributed by atoms with E-state index in [1.807, 2.05) is 0 Å². The van der Waals surface area contributed by atoms with E-state index in [9.17, 15) is 28.1 Å². The number of methoxy groups -OCH3 is 1. The smallest absolute Gasteiger partial charge is 0.416 e. The molecule has 3 rings (SSSR count). The van der Waals surface area contributed by atoms with Crippen molar-refractivity contribution in [2.45, 2.75) is 39.5 Å². The monoisotopic (exact) mass is 466 g/mol. The number of aryl methyl sites for hydroxylation is 2. The van der Waals surface area contributed by atoms with Gasteiger partial charge in [-0.25, -0.2) is 0 Å². The zero-order valence-electron chi connectivity index (χ0n) is 18.0. The Hall–Kier alpha value is -3.90. The van der Waals surface area contributed by atoms with Crippen molar-refractivity contribution in [3.05, 3.63) is 63.1 Å². The van der Waals surface area contributed by atoms with Gasteiger partial charge in [-0.3, -0.25) is 24.3 Å². The molecular weight excluding hydrogens is 445 g/mol. The largest absolute Gasteiger partial charge is 0.475 e. The number of hydrogen-bond donors (Lipinski definition) is 1. The number of carbonyl (C=O) groups excluding carboxylic acids is 1. The van der Waals surface area contributed by atoms with Crippen molar-refractivity contribution in [3.8, 4) is 5.88 Å². The maximum Gasteiger partial charge on any atom is 0.416 e. The van der Waals surface area contributed by atoms with Crippen LogP contribution in [0.4, 0.5) is 24.5 Å². The molecule has 0 bridgehead atoms. The van der Waals surface area contributed by atoms with Crippen molar-refractivity contribution in [1.29, 1.82) is 0 Å². The summed E-state index contributed by atoms with van der Waals surface area (Å²) in [6, 6.07) is 4.97. The summed E-state index contributed by atoms with van der Waals surface area (Å²) in [4.78, 5) is 22.8. The predicted molar refractivity (Wildman–Crippen MR) is 111 cm³/mol. The Morgan fingerprint density at radius 3 is 2.61 bits per heavy atom. The van der Waals surface area contributed by atoms with Crippen LogP contribution in [0.15, 0.2) is 30.5 Å². The van der Waals surface area contributed by atoms with Crippen LogP contribution in [-0.4, -0.2) is 37.5 Å². The number of nitrogens with one attached hydrogen (secondary N) is 1. The number of rotatable bonds is 8. The molecule has 0 fully saturated rings. The van der Waals surface area contributed by atoms with Gasteiger partial charge in [-0.2, -0.15) is 18.3 Å². The second kappa shape index (κ2) is 9.30. The van der Waals surface area contributed by atoms with E-state index in [0.29, 0.717) is 22.6 Å². The third kappa shape index (κ3) is 5.48. The molecule has 0 unspecified atom stereocenters. The van der Waals surface area contributed by atoms with Crippen molar-refractivity contribution in [2.24, 2.45) is 0 Å². The molecule has 0 saturated carbocycles. The first-order chi connectivity index (χ1) is 15.5. The minimum atomic E-state index is -4.44. The van der Waals surface area contributed by atoms with E-state index in [-0.39, 0.29) is 37.0 Å². The number of benzene rings is 1. The molecule has 3 aromatic rings. The van der Waals surface area contributed by atoms with E-state index in [4.69, 9.17) is 4.74 Å². The summed E-state index contributed by atoms with van der Waals surface area (Å²) in [6.45, 7) is 3.55. The van der Waals surface area contributed by atoms with Gasteiger partial charge in [0.05, 0.1) is 47.8 Å². The number of carbonyl (C=O) groups is 1. The van der Waals surface area contributed by atoms with E-state index >= 15 is 0 Å². The van der Waals surface area contributed by atoms with Gasteiger partial charge in [-0.05, 0) is 31.5 Å². The fourth-order valence-electron chi connectivity index (χ4n) is 3.25.